The number of ether oxygens (including phenoxy) is 2. The fourth-order valence-corrected chi connectivity index (χ4v) is 4.43. The first-order chi connectivity index (χ1) is 14.6. The number of H-pyrrole nitrogens is 1. The number of fused-ring (bicyclic) bond motifs is 1. The van der Waals surface area contributed by atoms with Crippen molar-refractivity contribution in [2.24, 2.45) is 0 Å². The topological polar surface area (TPSA) is 66.6 Å². The van der Waals surface area contributed by atoms with Crippen molar-refractivity contribution in [3.05, 3.63) is 34.1 Å². The molecule has 1 aromatic heterocycles. The molecule has 2 aromatic rings. The molecule has 0 atom stereocenters. The smallest absolute Gasteiger partial charge is 0.253 e. The number of nitrogens with one attached hydrogen (secondary N) is 2. The molecule has 30 heavy (non-hydrogen) atoms. The summed E-state index contributed by atoms with van der Waals surface area (Å²) in [5.41, 5.74) is 1.35. The van der Waals surface area contributed by atoms with Crippen LogP contribution in [-0.2, 0) is 6.54 Å². The van der Waals surface area contributed by atoms with Crippen molar-refractivity contribution in [3.8, 4) is 11.5 Å². The maximum atomic E-state index is 12.9. The lowest BCUT2D eigenvalue weighted by Crippen LogP contribution is -2.47. The minimum atomic E-state index is -0.0908. The van der Waals surface area contributed by atoms with Crippen LogP contribution in [0.2, 0.25) is 0 Å². The van der Waals surface area contributed by atoms with Crippen molar-refractivity contribution in [3.63, 3.8) is 0 Å². The fraction of sp³-hybridized carbons (Fsp3) is 0.565. The van der Waals surface area contributed by atoms with E-state index in [-0.39, 0.29) is 5.56 Å². The van der Waals surface area contributed by atoms with Gasteiger partial charge in [-0.15, -0.1) is 0 Å². The van der Waals surface area contributed by atoms with Crippen LogP contribution in [0.1, 0.15) is 57.4 Å². The van der Waals surface area contributed by atoms with Crippen molar-refractivity contribution < 1.29 is 9.47 Å². The summed E-state index contributed by atoms with van der Waals surface area (Å²) in [5.74, 6) is 1.24. The van der Waals surface area contributed by atoms with E-state index in [9.17, 15) is 4.79 Å². The Labute approximate surface area is 183 Å². The highest BCUT2D eigenvalue weighted by Crippen LogP contribution is 2.31. The molecule has 1 aromatic carbocycles. The number of thiocarbonyl (C=S) groups is 1. The quantitative estimate of drug-likeness (QED) is 0.478. The van der Waals surface area contributed by atoms with Crippen molar-refractivity contribution in [2.45, 2.75) is 64.5 Å². The van der Waals surface area contributed by atoms with Gasteiger partial charge in [0, 0.05) is 29.6 Å². The third kappa shape index (κ3) is 5.25. The van der Waals surface area contributed by atoms with Gasteiger partial charge in [-0.05, 0) is 43.6 Å². The van der Waals surface area contributed by atoms with Gasteiger partial charge in [0.25, 0.3) is 5.56 Å². The Morgan fingerprint density at radius 1 is 1.17 bits per heavy atom. The van der Waals surface area contributed by atoms with Crippen LogP contribution in [0.15, 0.2) is 23.0 Å². The van der Waals surface area contributed by atoms with E-state index in [1.807, 2.05) is 12.1 Å². The van der Waals surface area contributed by atoms with Crippen LogP contribution < -0.4 is 20.3 Å². The van der Waals surface area contributed by atoms with Crippen LogP contribution in [0.4, 0.5) is 0 Å². The van der Waals surface area contributed by atoms with Crippen molar-refractivity contribution in [2.75, 3.05) is 20.8 Å². The van der Waals surface area contributed by atoms with Crippen LogP contribution >= 0.6 is 12.2 Å². The minimum Gasteiger partial charge on any atom is -0.493 e. The molecule has 0 amide bonds. The van der Waals surface area contributed by atoms with E-state index in [2.05, 4.69) is 22.1 Å². The number of hydrogen-bond acceptors (Lipinski definition) is 4. The lowest BCUT2D eigenvalue weighted by molar-refractivity contribution is 0.234. The van der Waals surface area contributed by atoms with Gasteiger partial charge in [0.15, 0.2) is 16.6 Å². The Balaban J connectivity index is 1.91. The lowest BCUT2D eigenvalue weighted by atomic mass is 9.94. The standard InChI is InChI=1S/C23H33N3O3S/c1-4-5-11-24-23(30)26(18-9-7-6-8-10-18)15-17-12-16-13-20(28-2)21(29-3)14-19(16)25-22(17)27/h12-14,18H,4-11,15H2,1-3H3,(H,24,30)(H,25,27). The summed E-state index contributed by atoms with van der Waals surface area (Å²) >= 11 is 5.75. The molecule has 1 saturated carbocycles. The molecule has 1 heterocycles. The maximum absolute atomic E-state index is 12.9. The number of aromatic amines is 1. The Morgan fingerprint density at radius 2 is 1.87 bits per heavy atom. The predicted octanol–water partition coefficient (Wildman–Crippen LogP) is 4.35. The highest BCUT2D eigenvalue weighted by molar-refractivity contribution is 7.80. The molecule has 1 fully saturated rings. The van der Waals surface area contributed by atoms with Gasteiger partial charge in [0.05, 0.1) is 26.3 Å². The normalized spacial score (nSPS) is 14.5. The summed E-state index contributed by atoms with van der Waals surface area (Å²) in [6.07, 6.45) is 8.13. The van der Waals surface area contributed by atoms with E-state index in [4.69, 9.17) is 21.7 Å². The number of hydrogen-bond donors (Lipinski definition) is 2. The van der Waals surface area contributed by atoms with E-state index >= 15 is 0 Å². The molecule has 164 valence electrons. The van der Waals surface area contributed by atoms with Crippen LogP contribution in [0.3, 0.4) is 0 Å². The second-order valence-electron chi connectivity index (χ2n) is 7.92. The summed E-state index contributed by atoms with van der Waals surface area (Å²) in [7, 11) is 3.20. The second-order valence-corrected chi connectivity index (χ2v) is 8.31. The molecule has 0 spiro atoms. The van der Waals surface area contributed by atoms with Crippen LogP contribution in [-0.4, -0.2) is 41.8 Å². The average molecular weight is 432 g/mol. The van der Waals surface area contributed by atoms with Crippen LogP contribution in [0, 0.1) is 0 Å². The number of rotatable bonds is 8. The molecule has 3 rings (SSSR count). The summed E-state index contributed by atoms with van der Waals surface area (Å²) in [6, 6.07) is 6.02. The summed E-state index contributed by atoms with van der Waals surface area (Å²) in [5, 5.41) is 5.06. The number of aromatic nitrogens is 1. The van der Waals surface area contributed by atoms with Crippen molar-refractivity contribution in [1.82, 2.24) is 15.2 Å². The zero-order chi connectivity index (χ0) is 21.5. The molecular weight excluding hydrogens is 398 g/mol. The zero-order valence-corrected chi connectivity index (χ0v) is 19.1. The van der Waals surface area contributed by atoms with Crippen molar-refractivity contribution in [1.29, 1.82) is 0 Å². The molecule has 0 bridgehead atoms. The first kappa shape index (κ1) is 22.4. The van der Waals surface area contributed by atoms with Gasteiger partial charge in [-0.1, -0.05) is 32.6 Å². The molecule has 0 radical (unpaired) electrons. The number of unbranched alkanes of at least 4 members (excludes halogenated alkanes) is 1. The number of nitrogens with zero attached hydrogens (tertiary/aromatic N) is 1. The average Bonchev–Trinajstić information content (AvgIpc) is 2.77. The molecule has 1 aliphatic carbocycles. The van der Waals surface area contributed by atoms with Crippen molar-refractivity contribution >= 4 is 28.2 Å². The monoisotopic (exact) mass is 431 g/mol. The molecule has 1 aliphatic rings. The summed E-state index contributed by atoms with van der Waals surface area (Å²) in [4.78, 5) is 18.1. The van der Waals surface area contributed by atoms with Gasteiger partial charge in [-0.3, -0.25) is 4.79 Å². The Kier molecular flexibility index (Phi) is 7.96. The van der Waals surface area contributed by atoms with Gasteiger partial charge in [0.1, 0.15) is 0 Å². The molecule has 2 N–H and O–H groups in total. The third-order valence-electron chi connectivity index (χ3n) is 5.85. The molecule has 0 aliphatic heterocycles. The molecule has 0 saturated heterocycles. The van der Waals surface area contributed by atoms with Crippen LogP contribution in [0.5, 0.6) is 11.5 Å². The molecule has 6 nitrogen and oxygen atoms in total. The predicted molar refractivity (Wildman–Crippen MR) is 126 cm³/mol. The van der Waals surface area contributed by atoms with Gasteiger partial charge in [0.2, 0.25) is 0 Å². The Morgan fingerprint density at radius 3 is 2.53 bits per heavy atom. The second kappa shape index (κ2) is 10.7. The lowest BCUT2D eigenvalue weighted by Gasteiger charge is -2.36. The molecular formula is C23H33N3O3S. The molecule has 0 unspecified atom stereocenters. The van der Waals surface area contributed by atoms with E-state index in [1.165, 1.54) is 19.3 Å². The van der Waals surface area contributed by atoms with E-state index in [1.54, 1.807) is 20.3 Å². The SMILES string of the molecule is CCCCNC(=S)N(Cc1cc2cc(OC)c(OC)cc2[nH]c1=O)C1CCCCC1. The fourth-order valence-electron chi connectivity index (χ4n) is 4.11. The van der Waals surface area contributed by atoms with E-state index in [0.29, 0.717) is 29.6 Å². The maximum Gasteiger partial charge on any atom is 0.253 e. The molecule has 7 heteroatoms. The first-order valence-corrected chi connectivity index (χ1v) is 11.3. The Bertz CT molecular complexity index is 922. The van der Waals surface area contributed by atoms with Crippen LogP contribution in [0.25, 0.3) is 10.9 Å². The number of methoxy groups -OCH3 is 2. The van der Waals surface area contributed by atoms with Gasteiger partial charge in [-0.2, -0.15) is 0 Å². The first-order valence-electron chi connectivity index (χ1n) is 10.9. The highest BCUT2D eigenvalue weighted by atomic mass is 32.1. The number of pyridine rings is 1. The largest absolute Gasteiger partial charge is 0.493 e. The highest BCUT2D eigenvalue weighted by Gasteiger charge is 2.24. The van der Waals surface area contributed by atoms with Gasteiger partial charge < -0.3 is 24.7 Å². The minimum absolute atomic E-state index is 0.0908. The number of benzene rings is 1. The zero-order valence-electron chi connectivity index (χ0n) is 18.3. The van der Waals surface area contributed by atoms with E-state index < -0.39 is 0 Å². The van der Waals surface area contributed by atoms with Gasteiger partial charge in [-0.25, -0.2) is 0 Å². The van der Waals surface area contributed by atoms with Gasteiger partial charge >= 0.3 is 0 Å². The van der Waals surface area contributed by atoms with E-state index in [0.717, 1.165) is 48.2 Å². The Hall–Kier alpha value is -2.28. The summed E-state index contributed by atoms with van der Waals surface area (Å²) < 4.78 is 10.8. The summed E-state index contributed by atoms with van der Waals surface area (Å²) in [6.45, 7) is 3.54. The third-order valence-corrected chi connectivity index (χ3v) is 6.23.